The Bertz CT molecular complexity index is 1130. The highest BCUT2D eigenvalue weighted by atomic mass is 35.5. The molecule has 0 bridgehead atoms. The minimum Gasteiger partial charge on any atom is -0.508 e. The summed E-state index contributed by atoms with van der Waals surface area (Å²) in [6.07, 6.45) is 0.642. The third kappa shape index (κ3) is 6.95. The summed E-state index contributed by atoms with van der Waals surface area (Å²) >= 11 is 12.8. The minimum absolute atomic E-state index is 0.0197. The molecule has 176 valence electrons. The number of phenolic OH excluding ortho intramolecular Hbond substituents is 1. The van der Waals surface area contributed by atoms with Gasteiger partial charge in [0, 0.05) is 18.1 Å². The van der Waals surface area contributed by atoms with E-state index in [1.165, 1.54) is 18.2 Å². The standard InChI is InChI=1S/C24H24Cl2FO5P/c1-3-30-33(29,4-2)31-15-17-12-21(25)24(22(26)13-17)32-20-9-10-23(28)18(14-20)11-16-5-7-19(27)8-6-16/h5-10,12-14,28H,3-4,11,15H2,1-2H3. The van der Waals surface area contributed by atoms with Crippen LogP contribution in [0.3, 0.4) is 0 Å². The van der Waals surface area contributed by atoms with Gasteiger partial charge in [-0.2, -0.15) is 0 Å². The number of halogens is 3. The van der Waals surface area contributed by atoms with E-state index in [2.05, 4.69) is 0 Å². The van der Waals surface area contributed by atoms with Gasteiger partial charge in [-0.05, 0) is 60.5 Å². The molecular weight excluding hydrogens is 489 g/mol. The Morgan fingerprint density at radius 1 is 0.939 bits per heavy atom. The SMILES string of the molecule is CCOP(=O)(CC)OCc1cc(Cl)c(Oc2ccc(O)c(Cc3ccc(F)cc3)c2)c(Cl)c1. The highest BCUT2D eigenvalue weighted by Crippen LogP contribution is 2.48. The number of aromatic hydroxyl groups is 1. The average Bonchev–Trinajstić information content (AvgIpc) is 2.78. The van der Waals surface area contributed by atoms with Gasteiger partial charge in [-0.1, -0.05) is 42.3 Å². The van der Waals surface area contributed by atoms with Crippen molar-refractivity contribution in [1.29, 1.82) is 0 Å². The van der Waals surface area contributed by atoms with Crippen LogP contribution in [0.2, 0.25) is 10.0 Å². The van der Waals surface area contributed by atoms with Crippen LogP contribution in [0.25, 0.3) is 0 Å². The first-order chi connectivity index (χ1) is 15.7. The molecule has 0 heterocycles. The second-order valence-electron chi connectivity index (χ2n) is 7.20. The summed E-state index contributed by atoms with van der Waals surface area (Å²) in [6.45, 7) is 3.79. The third-order valence-corrected chi connectivity index (χ3v) is 7.29. The van der Waals surface area contributed by atoms with Crippen LogP contribution in [0.5, 0.6) is 17.2 Å². The molecule has 5 nitrogen and oxygen atoms in total. The Morgan fingerprint density at radius 3 is 2.21 bits per heavy atom. The molecule has 33 heavy (non-hydrogen) atoms. The van der Waals surface area contributed by atoms with Crippen LogP contribution in [-0.2, 0) is 26.6 Å². The van der Waals surface area contributed by atoms with E-state index in [4.69, 9.17) is 37.0 Å². The molecule has 0 amide bonds. The lowest BCUT2D eigenvalue weighted by atomic mass is 10.0. The summed E-state index contributed by atoms with van der Waals surface area (Å²) < 4.78 is 42.2. The van der Waals surface area contributed by atoms with Gasteiger partial charge >= 0.3 is 7.60 Å². The van der Waals surface area contributed by atoms with Gasteiger partial charge < -0.3 is 18.9 Å². The van der Waals surface area contributed by atoms with Crippen molar-refractivity contribution in [2.24, 2.45) is 0 Å². The van der Waals surface area contributed by atoms with E-state index in [9.17, 15) is 14.1 Å². The Hall–Kier alpha value is -2.08. The van der Waals surface area contributed by atoms with Crippen LogP contribution in [0, 0.1) is 5.82 Å². The summed E-state index contributed by atoms with van der Waals surface area (Å²) in [6, 6.07) is 14.0. The number of rotatable bonds is 10. The molecular formula is C24H24Cl2FO5P. The molecule has 1 atom stereocenters. The summed E-state index contributed by atoms with van der Waals surface area (Å²) in [4.78, 5) is 0. The molecule has 0 spiro atoms. The first-order valence-electron chi connectivity index (χ1n) is 10.3. The summed E-state index contributed by atoms with van der Waals surface area (Å²) in [5.74, 6) is 0.424. The van der Waals surface area contributed by atoms with Crippen molar-refractivity contribution < 1.29 is 27.8 Å². The summed E-state index contributed by atoms with van der Waals surface area (Å²) in [5, 5.41) is 10.7. The Kier molecular flexibility index (Phi) is 8.80. The normalized spacial score (nSPS) is 13.0. The lowest BCUT2D eigenvalue weighted by molar-refractivity contribution is 0.205. The van der Waals surface area contributed by atoms with Crippen molar-refractivity contribution in [1.82, 2.24) is 0 Å². The molecule has 3 aromatic rings. The molecule has 0 radical (unpaired) electrons. The van der Waals surface area contributed by atoms with Crippen molar-refractivity contribution in [3.8, 4) is 17.2 Å². The molecule has 1 N–H and O–H groups in total. The van der Waals surface area contributed by atoms with Gasteiger partial charge in [-0.15, -0.1) is 0 Å². The van der Waals surface area contributed by atoms with Gasteiger partial charge in [0.05, 0.1) is 23.3 Å². The van der Waals surface area contributed by atoms with E-state index in [1.807, 2.05) is 0 Å². The van der Waals surface area contributed by atoms with E-state index in [-0.39, 0.29) is 46.7 Å². The Morgan fingerprint density at radius 2 is 1.61 bits per heavy atom. The Labute approximate surface area is 202 Å². The van der Waals surface area contributed by atoms with Gasteiger partial charge in [0.2, 0.25) is 0 Å². The fraction of sp³-hybridized carbons (Fsp3) is 0.250. The first kappa shape index (κ1) is 25.5. The topological polar surface area (TPSA) is 65.0 Å². The van der Waals surface area contributed by atoms with E-state index in [0.29, 0.717) is 23.3 Å². The molecule has 0 aliphatic heterocycles. The predicted octanol–water partition coefficient (Wildman–Crippen LogP) is 7.99. The number of benzene rings is 3. The zero-order chi connectivity index (χ0) is 24.0. The molecule has 0 fully saturated rings. The van der Waals surface area contributed by atoms with Gasteiger partial charge in [0.25, 0.3) is 0 Å². The third-order valence-electron chi connectivity index (χ3n) is 4.78. The first-order valence-corrected chi connectivity index (χ1v) is 12.8. The molecule has 9 heteroatoms. The fourth-order valence-electron chi connectivity index (χ4n) is 3.09. The molecule has 0 saturated carbocycles. The molecule has 3 rings (SSSR count). The van der Waals surface area contributed by atoms with Crippen LogP contribution in [0.1, 0.15) is 30.5 Å². The molecule has 3 aromatic carbocycles. The average molecular weight is 513 g/mol. The lowest BCUT2D eigenvalue weighted by Crippen LogP contribution is -1.99. The van der Waals surface area contributed by atoms with Gasteiger partial charge in [0.1, 0.15) is 17.3 Å². The molecule has 0 saturated heterocycles. The minimum atomic E-state index is -3.17. The highest BCUT2D eigenvalue weighted by molar-refractivity contribution is 7.53. The number of ether oxygens (including phenoxy) is 1. The molecule has 0 aliphatic carbocycles. The van der Waals surface area contributed by atoms with E-state index in [0.717, 1.165) is 5.56 Å². The van der Waals surface area contributed by atoms with E-state index >= 15 is 0 Å². The monoisotopic (exact) mass is 512 g/mol. The maximum absolute atomic E-state index is 13.2. The number of hydrogen-bond acceptors (Lipinski definition) is 5. The largest absolute Gasteiger partial charge is 0.508 e. The molecule has 0 aromatic heterocycles. The van der Waals surface area contributed by atoms with E-state index in [1.54, 1.807) is 50.2 Å². The zero-order valence-corrected chi connectivity index (χ0v) is 20.6. The lowest BCUT2D eigenvalue weighted by Gasteiger charge is -2.17. The summed E-state index contributed by atoms with van der Waals surface area (Å²) in [7, 11) is -3.17. The van der Waals surface area contributed by atoms with Crippen LogP contribution in [-0.4, -0.2) is 17.9 Å². The quantitative estimate of drug-likeness (QED) is 0.279. The van der Waals surface area contributed by atoms with Crippen LogP contribution >= 0.6 is 30.8 Å². The zero-order valence-electron chi connectivity index (χ0n) is 18.2. The van der Waals surface area contributed by atoms with Gasteiger partial charge in [0.15, 0.2) is 5.75 Å². The summed E-state index contributed by atoms with van der Waals surface area (Å²) in [5.41, 5.74) is 2.05. The van der Waals surface area contributed by atoms with Gasteiger partial charge in [-0.3, -0.25) is 4.57 Å². The van der Waals surface area contributed by atoms with Crippen LogP contribution < -0.4 is 4.74 Å². The van der Waals surface area contributed by atoms with Crippen molar-refractivity contribution in [2.45, 2.75) is 26.9 Å². The van der Waals surface area contributed by atoms with Crippen molar-refractivity contribution in [3.05, 3.63) is 87.2 Å². The molecule has 1 unspecified atom stereocenters. The van der Waals surface area contributed by atoms with Crippen molar-refractivity contribution in [3.63, 3.8) is 0 Å². The van der Waals surface area contributed by atoms with Crippen molar-refractivity contribution in [2.75, 3.05) is 12.8 Å². The van der Waals surface area contributed by atoms with E-state index < -0.39 is 7.60 Å². The van der Waals surface area contributed by atoms with Crippen molar-refractivity contribution >= 4 is 30.8 Å². The molecule has 0 aliphatic rings. The predicted molar refractivity (Wildman–Crippen MR) is 128 cm³/mol. The number of phenols is 1. The second-order valence-corrected chi connectivity index (χ2v) is 10.4. The van der Waals surface area contributed by atoms with Crippen LogP contribution in [0.15, 0.2) is 54.6 Å². The fourth-order valence-corrected chi connectivity index (χ4v) is 4.88. The smallest absolute Gasteiger partial charge is 0.330 e. The van der Waals surface area contributed by atoms with Crippen LogP contribution in [0.4, 0.5) is 4.39 Å². The number of hydrogen-bond donors (Lipinski definition) is 1. The maximum atomic E-state index is 13.2. The highest BCUT2D eigenvalue weighted by Gasteiger charge is 2.22. The maximum Gasteiger partial charge on any atom is 0.330 e. The second kappa shape index (κ2) is 11.4. The Balaban J connectivity index is 1.76. The van der Waals surface area contributed by atoms with Gasteiger partial charge in [-0.25, -0.2) is 4.39 Å².